The summed E-state index contributed by atoms with van der Waals surface area (Å²) in [5.74, 6) is 2.81. The Kier molecular flexibility index (Phi) is 13.0. The molecule has 0 bridgehead atoms. The van der Waals surface area contributed by atoms with Crippen molar-refractivity contribution in [2.45, 2.75) is 105 Å². The van der Waals surface area contributed by atoms with Gasteiger partial charge in [0.1, 0.15) is 0 Å². The number of aromatic nitrogens is 1. The summed E-state index contributed by atoms with van der Waals surface area (Å²) in [4.78, 5) is 15.3. The normalized spacial score (nSPS) is 27.0. The third-order valence-corrected chi connectivity index (χ3v) is 7.49. The van der Waals surface area contributed by atoms with Crippen molar-refractivity contribution in [2.75, 3.05) is 0 Å². The minimum absolute atomic E-state index is 0.194. The predicted molar refractivity (Wildman–Crippen MR) is 142 cm³/mol. The monoisotopic (exact) mass is 535 g/mol. The molecule has 1 aromatic heterocycles. The maximum absolute atomic E-state index is 5.17. The average Bonchev–Trinajstić information content (AvgIpc) is 2.80. The summed E-state index contributed by atoms with van der Waals surface area (Å²) in [5, 5.41) is 0. The molecule has 2 aliphatic carbocycles. The molecule has 3 nitrogen and oxygen atoms in total. The summed E-state index contributed by atoms with van der Waals surface area (Å²) in [7, 11) is 9.53. The molecule has 6 heteroatoms. The standard InChI is InChI=1S/C27H43N3.2ClH.Fe/c1-18(2)22-12-7-9-14-26(22)28-20(5)24-16-11-17-25(30-24)21(6)29-27-15-10-8-13-23(27)19(3)4;;;/h11,16-19,22-23,26-27H,7-10,12-15H2,1-6H3;2*1H;/q;;;+2/p-2/t22-,23+,26?,27?;;;. The van der Waals surface area contributed by atoms with Gasteiger partial charge in [0.25, 0.3) is 0 Å². The summed E-state index contributed by atoms with van der Waals surface area (Å²) < 4.78 is 0. The van der Waals surface area contributed by atoms with Crippen LogP contribution in [-0.2, 0) is 13.1 Å². The fraction of sp³-hybridized carbons (Fsp3) is 0.741. The van der Waals surface area contributed by atoms with Gasteiger partial charge < -0.3 is 0 Å². The quantitative estimate of drug-likeness (QED) is 0.265. The maximum atomic E-state index is 5.17. The van der Waals surface area contributed by atoms with Crippen molar-refractivity contribution < 1.29 is 13.1 Å². The van der Waals surface area contributed by atoms with Crippen LogP contribution in [0.2, 0.25) is 0 Å². The molecule has 0 radical (unpaired) electrons. The van der Waals surface area contributed by atoms with Crippen molar-refractivity contribution in [3.8, 4) is 0 Å². The van der Waals surface area contributed by atoms with E-state index in [0.717, 1.165) is 22.8 Å². The molecule has 2 saturated carbocycles. The predicted octanol–water partition coefficient (Wildman–Crippen LogP) is 8.51. The minimum atomic E-state index is 0.194. The molecule has 2 fully saturated rings. The van der Waals surface area contributed by atoms with E-state index in [0.29, 0.717) is 35.8 Å². The number of pyridine rings is 1. The second-order valence-corrected chi connectivity index (χ2v) is 12.2. The van der Waals surface area contributed by atoms with Gasteiger partial charge in [0.15, 0.2) is 0 Å². The molecule has 0 aromatic carbocycles. The number of nitrogens with zero attached hydrogens (tertiary/aromatic N) is 3. The van der Waals surface area contributed by atoms with Crippen molar-refractivity contribution in [3.63, 3.8) is 0 Å². The van der Waals surface area contributed by atoms with Gasteiger partial charge in [0.05, 0.1) is 34.9 Å². The van der Waals surface area contributed by atoms with Crippen LogP contribution in [-0.4, -0.2) is 28.5 Å². The number of halogens is 2. The van der Waals surface area contributed by atoms with Crippen LogP contribution >= 0.6 is 20.2 Å². The van der Waals surface area contributed by atoms with E-state index in [1.807, 2.05) is 0 Å². The van der Waals surface area contributed by atoms with Crippen LogP contribution in [0, 0.1) is 23.7 Å². The first kappa shape index (κ1) is 28.8. The first-order chi connectivity index (χ1) is 15.8. The summed E-state index contributed by atoms with van der Waals surface area (Å²) in [6.45, 7) is 13.7. The summed E-state index contributed by atoms with van der Waals surface area (Å²) in [6.07, 6.45) is 10.4. The summed E-state index contributed by atoms with van der Waals surface area (Å²) in [6, 6.07) is 7.25. The zero-order valence-electron chi connectivity index (χ0n) is 21.3. The fourth-order valence-electron chi connectivity index (χ4n) is 5.62. The van der Waals surface area contributed by atoms with Crippen molar-refractivity contribution in [1.82, 2.24) is 4.98 Å². The number of hydrogen-bond acceptors (Lipinski definition) is 3. The van der Waals surface area contributed by atoms with E-state index in [2.05, 4.69) is 59.7 Å². The molecule has 1 heterocycles. The van der Waals surface area contributed by atoms with Crippen LogP contribution < -0.4 is 0 Å². The Bertz CT molecular complexity index is 719. The third kappa shape index (κ3) is 8.95. The van der Waals surface area contributed by atoms with E-state index in [4.69, 9.17) is 35.2 Å². The number of rotatable bonds is 6. The van der Waals surface area contributed by atoms with Crippen LogP contribution in [0.1, 0.15) is 104 Å². The number of hydrogen-bond donors (Lipinski definition) is 0. The van der Waals surface area contributed by atoms with Gasteiger partial charge in [0.2, 0.25) is 0 Å². The molecular formula is C27H43Cl2FeN3. The van der Waals surface area contributed by atoms with E-state index in [1.54, 1.807) is 0 Å². The summed E-state index contributed by atoms with van der Waals surface area (Å²) in [5.41, 5.74) is 4.19. The summed E-state index contributed by atoms with van der Waals surface area (Å²) >= 11 is 0.194. The van der Waals surface area contributed by atoms with E-state index in [1.165, 1.54) is 51.4 Å². The van der Waals surface area contributed by atoms with Crippen molar-refractivity contribution >= 4 is 31.6 Å². The van der Waals surface area contributed by atoms with Gasteiger partial charge in [0, 0.05) is 0 Å². The zero-order valence-corrected chi connectivity index (χ0v) is 23.9. The zero-order chi connectivity index (χ0) is 24.4. The molecule has 3 rings (SSSR count). The van der Waals surface area contributed by atoms with Crippen LogP contribution in [0.15, 0.2) is 28.2 Å². The van der Waals surface area contributed by atoms with Crippen LogP contribution in [0.4, 0.5) is 0 Å². The van der Waals surface area contributed by atoms with E-state index < -0.39 is 0 Å². The molecule has 1 aromatic rings. The molecule has 0 spiro atoms. The second-order valence-electron chi connectivity index (χ2n) is 10.4. The topological polar surface area (TPSA) is 37.6 Å². The molecule has 0 N–H and O–H groups in total. The van der Waals surface area contributed by atoms with Crippen molar-refractivity contribution in [3.05, 3.63) is 29.6 Å². The van der Waals surface area contributed by atoms with Crippen molar-refractivity contribution in [2.24, 2.45) is 33.7 Å². The van der Waals surface area contributed by atoms with Gasteiger partial charge in [-0.05, 0) is 75.3 Å². The first-order valence-electron chi connectivity index (χ1n) is 12.7. The third-order valence-electron chi connectivity index (χ3n) is 7.49. The van der Waals surface area contributed by atoms with E-state index >= 15 is 0 Å². The fourth-order valence-corrected chi connectivity index (χ4v) is 5.62. The van der Waals surface area contributed by atoms with Gasteiger partial charge in [-0.25, -0.2) is 4.98 Å². The Morgan fingerprint density at radius 3 is 1.52 bits per heavy atom. The molecule has 2 unspecified atom stereocenters. The Hall–Kier alpha value is -0.411. The van der Waals surface area contributed by atoms with Gasteiger partial charge in [-0.3, -0.25) is 9.98 Å². The SMILES string of the molecule is CC(=NC1CCCC[C@@H]1C(C)C)c1cccc(C(C)=NC2CCCC[C@H]2C(C)C)n1.[Cl][Fe][Cl]. The molecule has 0 saturated heterocycles. The molecule has 188 valence electrons. The Morgan fingerprint density at radius 2 is 1.15 bits per heavy atom. The molecule has 0 aliphatic heterocycles. The van der Waals surface area contributed by atoms with Crippen LogP contribution in [0.5, 0.6) is 0 Å². The average molecular weight is 536 g/mol. The van der Waals surface area contributed by atoms with Gasteiger partial charge in [-0.2, -0.15) is 0 Å². The van der Waals surface area contributed by atoms with E-state index in [9.17, 15) is 0 Å². The van der Waals surface area contributed by atoms with Gasteiger partial charge in [-0.1, -0.05) is 59.4 Å². The number of aliphatic imine (C=N–C) groups is 2. The molecule has 0 amide bonds. The van der Waals surface area contributed by atoms with Crippen molar-refractivity contribution in [1.29, 1.82) is 0 Å². The molecular weight excluding hydrogens is 493 g/mol. The first-order valence-corrected chi connectivity index (χ1v) is 15.7. The Balaban J connectivity index is 0.00000122. The Labute approximate surface area is 217 Å². The molecule has 4 atom stereocenters. The van der Waals surface area contributed by atoms with Gasteiger partial charge >= 0.3 is 33.3 Å². The van der Waals surface area contributed by atoms with Crippen LogP contribution in [0.25, 0.3) is 0 Å². The van der Waals surface area contributed by atoms with Gasteiger partial charge in [-0.15, -0.1) is 0 Å². The second kappa shape index (κ2) is 14.9. The van der Waals surface area contributed by atoms with E-state index in [-0.39, 0.29) is 13.1 Å². The molecule has 2 aliphatic rings. The molecule has 33 heavy (non-hydrogen) atoms. The Morgan fingerprint density at radius 1 is 0.788 bits per heavy atom. The van der Waals surface area contributed by atoms with Crippen LogP contribution in [0.3, 0.4) is 0 Å².